The van der Waals surface area contributed by atoms with Crippen LogP contribution in [-0.4, -0.2) is 21.7 Å². The minimum atomic E-state index is -0.393. The summed E-state index contributed by atoms with van der Waals surface area (Å²) in [5.74, 6) is 0.701. The van der Waals surface area contributed by atoms with E-state index in [-0.39, 0.29) is 4.75 Å². The van der Waals surface area contributed by atoms with Gasteiger partial charge in [-0.2, -0.15) is 11.8 Å². The molecule has 96 valence electrons. The van der Waals surface area contributed by atoms with E-state index in [0.717, 1.165) is 5.56 Å². The van der Waals surface area contributed by atoms with E-state index in [2.05, 4.69) is 20.8 Å². The summed E-state index contributed by atoms with van der Waals surface area (Å²) < 4.78 is 0.166. The Morgan fingerprint density at radius 2 is 1.94 bits per heavy atom. The third kappa shape index (κ3) is 6.01. The second-order valence-electron chi connectivity index (χ2n) is 5.02. The van der Waals surface area contributed by atoms with E-state index < -0.39 is 6.10 Å². The number of halogens is 2. The van der Waals surface area contributed by atoms with Crippen molar-refractivity contribution in [3.63, 3.8) is 0 Å². The number of benzene rings is 1. The van der Waals surface area contributed by atoms with Crippen LogP contribution >= 0.6 is 35.0 Å². The number of hydrogen-bond donors (Lipinski definition) is 1. The van der Waals surface area contributed by atoms with E-state index in [4.69, 9.17) is 23.2 Å². The SMILES string of the molecule is CC(C)(C)SCC(O)Cc1cc(Cl)ccc1Cl. The van der Waals surface area contributed by atoms with Crippen molar-refractivity contribution in [3.05, 3.63) is 33.8 Å². The molecule has 0 radical (unpaired) electrons. The zero-order valence-corrected chi connectivity index (χ0v) is 12.7. The predicted octanol–water partition coefficient (Wildman–Crippen LogP) is 4.43. The van der Waals surface area contributed by atoms with Gasteiger partial charge in [0.15, 0.2) is 0 Å². The van der Waals surface area contributed by atoms with Crippen molar-refractivity contribution in [2.75, 3.05) is 5.75 Å². The minimum absolute atomic E-state index is 0.166. The fraction of sp³-hybridized carbons (Fsp3) is 0.538. The van der Waals surface area contributed by atoms with E-state index in [1.54, 1.807) is 23.9 Å². The molecule has 0 bridgehead atoms. The lowest BCUT2D eigenvalue weighted by molar-refractivity contribution is 0.200. The molecule has 1 atom stereocenters. The molecule has 1 nitrogen and oxygen atoms in total. The van der Waals surface area contributed by atoms with Crippen LogP contribution in [0.25, 0.3) is 0 Å². The van der Waals surface area contributed by atoms with Gasteiger partial charge in [-0.3, -0.25) is 0 Å². The summed E-state index contributed by atoms with van der Waals surface area (Å²) in [5.41, 5.74) is 0.904. The van der Waals surface area contributed by atoms with Crippen molar-refractivity contribution in [3.8, 4) is 0 Å². The summed E-state index contributed by atoms with van der Waals surface area (Å²) in [4.78, 5) is 0. The van der Waals surface area contributed by atoms with Crippen molar-refractivity contribution in [1.29, 1.82) is 0 Å². The lowest BCUT2D eigenvalue weighted by Gasteiger charge is -2.20. The Kier molecular flexibility index (Phi) is 5.65. The van der Waals surface area contributed by atoms with Gasteiger partial charge in [0.25, 0.3) is 0 Å². The van der Waals surface area contributed by atoms with Gasteiger partial charge >= 0.3 is 0 Å². The van der Waals surface area contributed by atoms with Gasteiger partial charge in [0.1, 0.15) is 0 Å². The Balaban J connectivity index is 2.56. The molecule has 0 aromatic heterocycles. The van der Waals surface area contributed by atoms with Gasteiger partial charge in [0.2, 0.25) is 0 Å². The summed E-state index contributed by atoms with van der Waals surface area (Å²) in [6.45, 7) is 6.41. The number of thioether (sulfide) groups is 1. The Labute approximate surface area is 118 Å². The molecule has 0 spiro atoms. The molecule has 0 saturated carbocycles. The van der Waals surface area contributed by atoms with Crippen molar-refractivity contribution >= 4 is 35.0 Å². The first-order valence-corrected chi connectivity index (χ1v) is 7.28. The minimum Gasteiger partial charge on any atom is -0.392 e. The maximum Gasteiger partial charge on any atom is 0.0671 e. The Morgan fingerprint density at radius 1 is 1.29 bits per heavy atom. The van der Waals surface area contributed by atoms with Gasteiger partial charge < -0.3 is 5.11 Å². The maximum absolute atomic E-state index is 9.96. The first-order chi connectivity index (χ1) is 7.78. The maximum atomic E-state index is 9.96. The molecular weight excluding hydrogens is 275 g/mol. The average molecular weight is 293 g/mol. The molecule has 0 aliphatic carbocycles. The van der Waals surface area contributed by atoms with E-state index in [1.165, 1.54) is 0 Å². The number of aliphatic hydroxyl groups excluding tert-OH is 1. The van der Waals surface area contributed by atoms with E-state index in [1.807, 2.05) is 6.07 Å². The van der Waals surface area contributed by atoms with Crippen LogP contribution in [0.4, 0.5) is 0 Å². The van der Waals surface area contributed by atoms with Gasteiger partial charge in [-0.1, -0.05) is 44.0 Å². The largest absolute Gasteiger partial charge is 0.392 e. The molecule has 0 saturated heterocycles. The molecule has 0 amide bonds. The fourth-order valence-electron chi connectivity index (χ4n) is 1.36. The van der Waals surface area contributed by atoms with Crippen molar-refractivity contribution < 1.29 is 5.11 Å². The van der Waals surface area contributed by atoms with Crippen LogP contribution in [0.5, 0.6) is 0 Å². The van der Waals surface area contributed by atoms with Crippen LogP contribution in [0.2, 0.25) is 10.0 Å². The first-order valence-electron chi connectivity index (χ1n) is 5.54. The lowest BCUT2D eigenvalue weighted by Crippen LogP contribution is -2.19. The summed E-state index contributed by atoms with van der Waals surface area (Å²) >= 11 is 13.7. The summed E-state index contributed by atoms with van der Waals surface area (Å²) in [5, 5.41) is 11.3. The van der Waals surface area contributed by atoms with Crippen molar-refractivity contribution in [2.45, 2.75) is 38.0 Å². The van der Waals surface area contributed by atoms with Crippen LogP contribution in [0, 0.1) is 0 Å². The lowest BCUT2D eigenvalue weighted by atomic mass is 10.1. The van der Waals surface area contributed by atoms with Crippen LogP contribution < -0.4 is 0 Å². The number of aliphatic hydroxyl groups is 1. The quantitative estimate of drug-likeness (QED) is 0.886. The monoisotopic (exact) mass is 292 g/mol. The fourth-order valence-corrected chi connectivity index (χ4v) is 2.56. The topological polar surface area (TPSA) is 20.2 Å². The van der Waals surface area contributed by atoms with Gasteiger partial charge in [0.05, 0.1) is 6.10 Å². The normalized spacial score (nSPS) is 13.8. The molecule has 0 heterocycles. The summed E-state index contributed by atoms with van der Waals surface area (Å²) in [6.07, 6.45) is 0.151. The van der Waals surface area contributed by atoms with E-state index >= 15 is 0 Å². The first kappa shape index (κ1) is 15.2. The molecule has 0 fully saturated rings. The molecule has 1 N–H and O–H groups in total. The standard InChI is InChI=1S/C13H18Cl2OS/c1-13(2,3)17-8-11(16)7-9-6-10(14)4-5-12(9)15/h4-6,11,16H,7-8H2,1-3H3. The molecule has 0 aliphatic heterocycles. The molecule has 1 rings (SSSR count). The molecule has 1 aromatic rings. The van der Waals surface area contributed by atoms with Gasteiger partial charge in [0, 0.05) is 27.0 Å². The van der Waals surface area contributed by atoms with Crippen LogP contribution in [0.15, 0.2) is 18.2 Å². The smallest absolute Gasteiger partial charge is 0.0671 e. The van der Waals surface area contributed by atoms with Crippen LogP contribution in [0.3, 0.4) is 0 Å². The van der Waals surface area contributed by atoms with Crippen LogP contribution in [0.1, 0.15) is 26.3 Å². The average Bonchev–Trinajstić information content (AvgIpc) is 2.20. The Hall–Kier alpha value is 0.110. The molecule has 17 heavy (non-hydrogen) atoms. The highest BCUT2D eigenvalue weighted by molar-refractivity contribution is 8.00. The molecule has 1 unspecified atom stereocenters. The van der Waals surface area contributed by atoms with Crippen molar-refractivity contribution in [2.24, 2.45) is 0 Å². The van der Waals surface area contributed by atoms with Gasteiger partial charge in [-0.25, -0.2) is 0 Å². The second kappa shape index (κ2) is 6.33. The highest BCUT2D eigenvalue weighted by Crippen LogP contribution is 2.26. The van der Waals surface area contributed by atoms with Crippen LogP contribution in [-0.2, 0) is 6.42 Å². The second-order valence-corrected chi connectivity index (χ2v) is 7.71. The van der Waals surface area contributed by atoms with Gasteiger partial charge in [-0.15, -0.1) is 0 Å². The Morgan fingerprint density at radius 3 is 2.53 bits per heavy atom. The molecular formula is C13H18Cl2OS. The highest BCUT2D eigenvalue weighted by atomic mass is 35.5. The van der Waals surface area contributed by atoms with Crippen molar-refractivity contribution in [1.82, 2.24) is 0 Å². The van der Waals surface area contributed by atoms with Gasteiger partial charge in [-0.05, 0) is 23.8 Å². The third-order valence-electron chi connectivity index (χ3n) is 2.17. The van der Waals surface area contributed by atoms with E-state index in [9.17, 15) is 5.11 Å². The predicted molar refractivity (Wildman–Crippen MR) is 78.4 cm³/mol. The number of rotatable bonds is 4. The summed E-state index contributed by atoms with van der Waals surface area (Å²) in [7, 11) is 0. The Bertz CT molecular complexity index is 374. The summed E-state index contributed by atoms with van der Waals surface area (Å²) in [6, 6.07) is 5.33. The highest BCUT2D eigenvalue weighted by Gasteiger charge is 2.15. The van der Waals surface area contributed by atoms with E-state index in [0.29, 0.717) is 22.2 Å². The number of hydrogen-bond acceptors (Lipinski definition) is 2. The molecule has 1 aromatic carbocycles. The molecule has 4 heteroatoms. The molecule has 0 aliphatic rings. The zero-order chi connectivity index (χ0) is 13.1. The zero-order valence-electron chi connectivity index (χ0n) is 10.3. The third-order valence-corrected chi connectivity index (χ3v) is 4.19.